The predicted octanol–water partition coefficient (Wildman–Crippen LogP) is 2.13. The van der Waals surface area contributed by atoms with Gasteiger partial charge in [0.15, 0.2) is 0 Å². The van der Waals surface area contributed by atoms with Crippen LogP contribution in [0, 0.1) is 11.8 Å². The van der Waals surface area contributed by atoms with E-state index in [9.17, 15) is 4.79 Å². The monoisotopic (exact) mass is 295 g/mol. The van der Waals surface area contributed by atoms with Gasteiger partial charge in [0, 0.05) is 12.6 Å². The highest BCUT2D eigenvalue weighted by Gasteiger charge is 2.37. The van der Waals surface area contributed by atoms with E-state index in [0.717, 1.165) is 24.8 Å². The molecule has 21 heavy (non-hydrogen) atoms. The van der Waals surface area contributed by atoms with E-state index in [2.05, 4.69) is 17.1 Å². The molecule has 1 aliphatic carbocycles. The van der Waals surface area contributed by atoms with Gasteiger partial charge in [-0.3, -0.25) is 4.79 Å². The van der Waals surface area contributed by atoms with Crippen LogP contribution in [0.1, 0.15) is 59.3 Å². The quantitative estimate of drug-likeness (QED) is 0.789. The van der Waals surface area contributed by atoms with Crippen molar-refractivity contribution in [2.75, 3.05) is 19.6 Å². The highest BCUT2D eigenvalue weighted by Crippen LogP contribution is 2.37. The molecule has 2 rings (SSSR count). The van der Waals surface area contributed by atoms with Crippen LogP contribution in [0.15, 0.2) is 0 Å². The maximum atomic E-state index is 11.8. The molecule has 0 aromatic rings. The number of fused-ring (bicyclic) bond motifs is 1. The van der Waals surface area contributed by atoms with Crippen molar-refractivity contribution in [3.63, 3.8) is 0 Å². The van der Waals surface area contributed by atoms with E-state index >= 15 is 0 Å². The number of amides is 1. The third-order valence-corrected chi connectivity index (χ3v) is 5.76. The van der Waals surface area contributed by atoms with Gasteiger partial charge < -0.3 is 16.0 Å². The van der Waals surface area contributed by atoms with Gasteiger partial charge in [-0.05, 0) is 58.0 Å². The first kappa shape index (κ1) is 16.8. The number of rotatable bonds is 6. The maximum Gasteiger partial charge on any atom is 0.237 e. The first-order valence-corrected chi connectivity index (χ1v) is 8.75. The number of nitrogens with two attached hydrogens (primary N) is 1. The molecule has 4 atom stereocenters. The Labute approximate surface area is 129 Å². The lowest BCUT2D eigenvalue weighted by atomic mass is 9.74. The van der Waals surface area contributed by atoms with Gasteiger partial charge in [0.1, 0.15) is 0 Å². The summed E-state index contributed by atoms with van der Waals surface area (Å²) in [6, 6.07) is 0.407. The largest absolute Gasteiger partial charge is 0.368 e. The SMILES string of the molecule is CCNC(C)(CC(C)N1CCC2CCCCC2C1)C(N)=O. The van der Waals surface area contributed by atoms with Crippen LogP contribution in [0.25, 0.3) is 0 Å². The summed E-state index contributed by atoms with van der Waals surface area (Å²) in [6.45, 7) is 9.40. The lowest BCUT2D eigenvalue weighted by Gasteiger charge is -2.45. The van der Waals surface area contributed by atoms with E-state index in [-0.39, 0.29) is 5.91 Å². The third kappa shape index (κ3) is 3.98. The first-order chi connectivity index (χ1) is 9.96. The van der Waals surface area contributed by atoms with E-state index in [1.54, 1.807) is 0 Å². The molecule has 3 N–H and O–H groups in total. The van der Waals surface area contributed by atoms with Crippen LogP contribution in [-0.4, -0.2) is 42.0 Å². The zero-order valence-corrected chi connectivity index (χ0v) is 14.0. The topological polar surface area (TPSA) is 58.4 Å². The molecule has 0 aromatic heterocycles. The summed E-state index contributed by atoms with van der Waals surface area (Å²) in [5, 5.41) is 3.28. The molecule has 1 heterocycles. The van der Waals surface area contributed by atoms with E-state index in [1.807, 2.05) is 13.8 Å². The Balaban J connectivity index is 1.93. The number of carbonyl (C=O) groups excluding carboxylic acids is 1. The van der Waals surface area contributed by atoms with Gasteiger partial charge in [-0.2, -0.15) is 0 Å². The second-order valence-corrected chi connectivity index (χ2v) is 7.37. The molecule has 1 amide bonds. The number of piperidine rings is 1. The Kier molecular flexibility index (Phi) is 5.67. The average Bonchev–Trinajstić information content (AvgIpc) is 2.46. The minimum atomic E-state index is -0.586. The minimum Gasteiger partial charge on any atom is -0.368 e. The number of nitrogens with zero attached hydrogens (tertiary/aromatic N) is 1. The van der Waals surface area contributed by atoms with E-state index in [0.29, 0.717) is 6.04 Å². The summed E-state index contributed by atoms with van der Waals surface area (Å²) in [4.78, 5) is 14.4. The fraction of sp³-hybridized carbons (Fsp3) is 0.941. The molecule has 0 spiro atoms. The van der Waals surface area contributed by atoms with Crippen molar-refractivity contribution >= 4 is 5.91 Å². The van der Waals surface area contributed by atoms with Gasteiger partial charge in [-0.1, -0.05) is 26.2 Å². The molecule has 0 radical (unpaired) electrons. The summed E-state index contributed by atoms with van der Waals surface area (Å²) < 4.78 is 0. The molecule has 1 saturated carbocycles. The Bertz CT molecular complexity index is 360. The van der Waals surface area contributed by atoms with E-state index in [1.165, 1.54) is 45.2 Å². The van der Waals surface area contributed by atoms with Crippen molar-refractivity contribution in [1.29, 1.82) is 0 Å². The van der Waals surface area contributed by atoms with Crippen LogP contribution in [0.2, 0.25) is 0 Å². The Morgan fingerprint density at radius 1 is 1.33 bits per heavy atom. The van der Waals surface area contributed by atoms with Gasteiger partial charge in [0.2, 0.25) is 5.91 Å². The lowest BCUT2D eigenvalue weighted by Crippen LogP contribution is -2.57. The van der Waals surface area contributed by atoms with Gasteiger partial charge >= 0.3 is 0 Å². The van der Waals surface area contributed by atoms with Gasteiger partial charge in [0.25, 0.3) is 0 Å². The molecular formula is C17H33N3O. The van der Waals surface area contributed by atoms with Crippen LogP contribution in [0.4, 0.5) is 0 Å². The molecule has 1 aliphatic heterocycles. The Morgan fingerprint density at radius 2 is 2.00 bits per heavy atom. The molecule has 4 nitrogen and oxygen atoms in total. The normalized spacial score (nSPS) is 31.2. The molecular weight excluding hydrogens is 262 g/mol. The van der Waals surface area contributed by atoms with Gasteiger partial charge in [-0.15, -0.1) is 0 Å². The average molecular weight is 295 g/mol. The molecule has 0 bridgehead atoms. The van der Waals surface area contributed by atoms with Crippen LogP contribution < -0.4 is 11.1 Å². The summed E-state index contributed by atoms with van der Waals surface area (Å²) in [7, 11) is 0. The third-order valence-electron chi connectivity index (χ3n) is 5.76. The van der Waals surface area contributed by atoms with Crippen molar-refractivity contribution in [2.24, 2.45) is 17.6 Å². The second kappa shape index (κ2) is 7.10. The van der Waals surface area contributed by atoms with Crippen molar-refractivity contribution in [3.05, 3.63) is 0 Å². The number of hydrogen-bond acceptors (Lipinski definition) is 3. The molecule has 2 fully saturated rings. The number of hydrogen-bond donors (Lipinski definition) is 2. The van der Waals surface area contributed by atoms with Crippen LogP contribution >= 0.6 is 0 Å². The molecule has 2 aliphatic rings. The molecule has 4 unspecified atom stereocenters. The van der Waals surface area contributed by atoms with Crippen molar-refractivity contribution in [2.45, 2.75) is 70.9 Å². The fourth-order valence-corrected chi connectivity index (χ4v) is 4.40. The zero-order chi connectivity index (χ0) is 15.5. The highest BCUT2D eigenvalue weighted by molar-refractivity contribution is 5.84. The Hall–Kier alpha value is -0.610. The van der Waals surface area contributed by atoms with Crippen molar-refractivity contribution < 1.29 is 4.79 Å². The summed E-state index contributed by atoms with van der Waals surface area (Å²) in [5.41, 5.74) is 5.04. The zero-order valence-electron chi connectivity index (χ0n) is 14.0. The smallest absolute Gasteiger partial charge is 0.237 e. The summed E-state index contributed by atoms with van der Waals surface area (Å²) in [5.74, 6) is 1.61. The van der Waals surface area contributed by atoms with Crippen LogP contribution in [-0.2, 0) is 4.79 Å². The second-order valence-electron chi connectivity index (χ2n) is 7.37. The molecule has 4 heteroatoms. The van der Waals surface area contributed by atoms with E-state index in [4.69, 9.17) is 5.73 Å². The number of likely N-dealkylation sites (tertiary alicyclic amines) is 1. The highest BCUT2D eigenvalue weighted by atomic mass is 16.1. The predicted molar refractivity (Wildman–Crippen MR) is 87.0 cm³/mol. The summed E-state index contributed by atoms with van der Waals surface area (Å²) in [6.07, 6.45) is 7.80. The maximum absolute atomic E-state index is 11.8. The Morgan fingerprint density at radius 3 is 2.62 bits per heavy atom. The standard InChI is InChI=1S/C17H33N3O/c1-4-19-17(3,16(18)21)11-13(2)20-10-9-14-7-5-6-8-15(14)12-20/h13-15,19H,4-12H2,1-3H3,(H2,18,21). The summed E-state index contributed by atoms with van der Waals surface area (Å²) >= 11 is 0. The van der Waals surface area contributed by atoms with Gasteiger partial charge in [0.05, 0.1) is 5.54 Å². The number of likely N-dealkylation sites (N-methyl/N-ethyl adjacent to an activating group) is 1. The van der Waals surface area contributed by atoms with Crippen molar-refractivity contribution in [3.8, 4) is 0 Å². The van der Waals surface area contributed by atoms with E-state index < -0.39 is 5.54 Å². The minimum absolute atomic E-state index is 0.233. The van der Waals surface area contributed by atoms with Crippen LogP contribution in [0.3, 0.4) is 0 Å². The first-order valence-electron chi connectivity index (χ1n) is 8.75. The van der Waals surface area contributed by atoms with Crippen molar-refractivity contribution in [1.82, 2.24) is 10.2 Å². The molecule has 122 valence electrons. The molecule has 0 aromatic carbocycles. The lowest BCUT2D eigenvalue weighted by molar-refractivity contribution is -0.124. The molecule has 1 saturated heterocycles. The fourth-order valence-electron chi connectivity index (χ4n) is 4.40. The number of carbonyl (C=O) groups is 1. The van der Waals surface area contributed by atoms with Crippen LogP contribution in [0.5, 0.6) is 0 Å². The van der Waals surface area contributed by atoms with Gasteiger partial charge in [-0.25, -0.2) is 0 Å². The number of nitrogens with one attached hydrogen (secondary N) is 1. The number of primary amides is 1.